The molecule has 0 fully saturated rings. The molecule has 0 aliphatic rings. The molecule has 0 aliphatic carbocycles. The predicted molar refractivity (Wildman–Crippen MR) is 53.2 cm³/mol. The second-order valence-electron chi connectivity index (χ2n) is 2.33. The lowest BCUT2D eigenvalue weighted by Gasteiger charge is -2.01. The first-order valence-electron chi connectivity index (χ1n) is 3.90. The van der Waals surface area contributed by atoms with Gasteiger partial charge in [0.05, 0.1) is 6.61 Å². The molecule has 0 spiro atoms. The molecule has 0 heterocycles. The first kappa shape index (κ1) is 11.0. The van der Waals surface area contributed by atoms with E-state index in [-0.39, 0.29) is 0 Å². The molecule has 68 valence electrons. The van der Waals surface area contributed by atoms with Crippen molar-refractivity contribution in [2.75, 3.05) is 20.8 Å². The fraction of sp³-hybridized carbons (Fsp3) is 0.556. The molecule has 0 bridgehead atoms. The Hall–Kier alpha value is -0.960. The van der Waals surface area contributed by atoms with Crippen LogP contribution in [0.5, 0.6) is 0 Å². The maximum Gasteiger partial charge on any atom is 0.146 e. The molecular weight excluding hydrogens is 152 g/mol. The third-order valence-electron chi connectivity index (χ3n) is 1.51. The molecular formula is C9H16N2O. The molecule has 3 heteroatoms. The molecule has 0 rings (SSSR count). The SMILES string of the molecule is C=NC(/C=C(\CC)COC)=NC. The van der Waals surface area contributed by atoms with Gasteiger partial charge in [0, 0.05) is 14.2 Å². The lowest BCUT2D eigenvalue weighted by molar-refractivity contribution is 0.223. The smallest absolute Gasteiger partial charge is 0.146 e. The summed E-state index contributed by atoms with van der Waals surface area (Å²) in [5.41, 5.74) is 1.17. The summed E-state index contributed by atoms with van der Waals surface area (Å²) in [6.45, 7) is 6.11. The van der Waals surface area contributed by atoms with Crippen molar-refractivity contribution in [3.63, 3.8) is 0 Å². The monoisotopic (exact) mass is 168 g/mol. The van der Waals surface area contributed by atoms with Crippen LogP contribution < -0.4 is 0 Å². The molecule has 0 amide bonds. The van der Waals surface area contributed by atoms with Crippen LogP contribution in [0.2, 0.25) is 0 Å². The minimum absolute atomic E-state index is 0.630. The standard InChI is InChI=1S/C9H16N2O/c1-5-8(7-12-4)6-9(10-2)11-3/h6H,2,5,7H2,1,3-4H3/b8-6+,11-9?. The number of methoxy groups -OCH3 is 1. The van der Waals surface area contributed by atoms with Crippen molar-refractivity contribution in [3.05, 3.63) is 11.6 Å². The molecule has 0 aromatic heterocycles. The van der Waals surface area contributed by atoms with Crippen molar-refractivity contribution in [1.29, 1.82) is 0 Å². The van der Waals surface area contributed by atoms with Crippen molar-refractivity contribution in [1.82, 2.24) is 0 Å². The molecule has 3 nitrogen and oxygen atoms in total. The van der Waals surface area contributed by atoms with Crippen molar-refractivity contribution >= 4 is 12.6 Å². The van der Waals surface area contributed by atoms with Crippen LogP contribution in [0.1, 0.15) is 13.3 Å². The van der Waals surface area contributed by atoms with Gasteiger partial charge in [0.1, 0.15) is 5.84 Å². The molecule has 12 heavy (non-hydrogen) atoms. The molecule has 0 unspecified atom stereocenters. The Kier molecular flexibility index (Phi) is 6.19. The van der Waals surface area contributed by atoms with Gasteiger partial charge in [-0.15, -0.1) is 0 Å². The highest BCUT2D eigenvalue weighted by Gasteiger charge is 1.94. The van der Waals surface area contributed by atoms with E-state index in [4.69, 9.17) is 4.74 Å². The van der Waals surface area contributed by atoms with E-state index < -0.39 is 0 Å². The van der Waals surface area contributed by atoms with Gasteiger partial charge in [0.15, 0.2) is 0 Å². The van der Waals surface area contributed by atoms with Crippen molar-refractivity contribution in [2.45, 2.75) is 13.3 Å². The molecule has 0 saturated carbocycles. The summed E-state index contributed by atoms with van der Waals surface area (Å²) in [6, 6.07) is 0. The number of nitrogens with zero attached hydrogens (tertiary/aromatic N) is 2. The molecule has 0 aromatic rings. The van der Waals surface area contributed by atoms with Crippen LogP contribution in [-0.4, -0.2) is 33.3 Å². The lowest BCUT2D eigenvalue weighted by Crippen LogP contribution is -1.97. The molecule has 0 saturated heterocycles. The van der Waals surface area contributed by atoms with Crippen LogP contribution in [0.3, 0.4) is 0 Å². The summed E-state index contributed by atoms with van der Waals surface area (Å²) in [5.74, 6) is 0.656. The van der Waals surface area contributed by atoms with E-state index in [9.17, 15) is 0 Å². The Balaban J connectivity index is 4.34. The van der Waals surface area contributed by atoms with Gasteiger partial charge in [-0.3, -0.25) is 4.99 Å². The molecule has 0 N–H and O–H groups in total. The summed E-state index contributed by atoms with van der Waals surface area (Å²) in [4.78, 5) is 7.68. The Morgan fingerprint density at radius 3 is 2.58 bits per heavy atom. The second-order valence-corrected chi connectivity index (χ2v) is 2.33. The number of amidine groups is 1. The van der Waals surface area contributed by atoms with Crippen LogP contribution in [0.4, 0.5) is 0 Å². The van der Waals surface area contributed by atoms with Crippen molar-refractivity contribution in [2.24, 2.45) is 9.98 Å². The van der Waals surface area contributed by atoms with E-state index in [1.54, 1.807) is 14.2 Å². The van der Waals surface area contributed by atoms with E-state index in [1.165, 1.54) is 5.57 Å². The number of rotatable bonds is 4. The Bertz CT molecular complexity index is 195. The van der Waals surface area contributed by atoms with Crippen LogP contribution >= 0.6 is 0 Å². The van der Waals surface area contributed by atoms with Gasteiger partial charge in [0.25, 0.3) is 0 Å². The van der Waals surface area contributed by atoms with E-state index in [0.29, 0.717) is 12.4 Å². The van der Waals surface area contributed by atoms with Gasteiger partial charge in [0.2, 0.25) is 0 Å². The largest absolute Gasteiger partial charge is 0.380 e. The summed E-state index contributed by atoms with van der Waals surface area (Å²) in [7, 11) is 3.37. The molecule has 0 aromatic carbocycles. The Labute approximate surface area is 73.9 Å². The zero-order chi connectivity index (χ0) is 9.40. The minimum Gasteiger partial charge on any atom is -0.380 e. The van der Waals surface area contributed by atoms with Gasteiger partial charge < -0.3 is 4.74 Å². The number of hydrogen-bond acceptors (Lipinski definition) is 2. The van der Waals surface area contributed by atoms with Gasteiger partial charge in [-0.05, 0) is 24.8 Å². The predicted octanol–water partition coefficient (Wildman–Crippen LogP) is 1.70. The fourth-order valence-electron chi connectivity index (χ4n) is 0.795. The Morgan fingerprint density at radius 2 is 2.25 bits per heavy atom. The number of aliphatic imine (C=N–C) groups is 2. The van der Waals surface area contributed by atoms with Gasteiger partial charge >= 0.3 is 0 Å². The quantitative estimate of drug-likeness (QED) is 0.464. The first-order valence-corrected chi connectivity index (χ1v) is 3.90. The Morgan fingerprint density at radius 1 is 1.58 bits per heavy atom. The van der Waals surface area contributed by atoms with E-state index in [1.807, 2.05) is 6.08 Å². The molecule has 0 radical (unpaired) electrons. The average molecular weight is 168 g/mol. The van der Waals surface area contributed by atoms with Crippen LogP contribution in [-0.2, 0) is 4.74 Å². The van der Waals surface area contributed by atoms with Crippen LogP contribution in [0, 0.1) is 0 Å². The molecule has 0 aliphatic heterocycles. The van der Waals surface area contributed by atoms with Gasteiger partial charge in [-0.2, -0.15) is 0 Å². The summed E-state index contributed by atoms with van der Waals surface area (Å²) in [6.07, 6.45) is 2.85. The zero-order valence-electron chi connectivity index (χ0n) is 8.00. The van der Waals surface area contributed by atoms with Crippen molar-refractivity contribution < 1.29 is 4.74 Å². The average Bonchev–Trinajstić information content (AvgIpc) is 2.12. The van der Waals surface area contributed by atoms with E-state index in [2.05, 4.69) is 23.6 Å². The van der Waals surface area contributed by atoms with Crippen LogP contribution in [0.25, 0.3) is 0 Å². The summed E-state index contributed by atoms with van der Waals surface area (Å²) >= 11 is 0. The van der Waals surface area contributed by atoms with Crippen LogP contribution in [0.15, 0.2) is 21.6 Å². The fourth-order valence-corrected chi connectivity index (χ4v) is 0.795. The normalized spacial score (nSPS) is 13.2. The van der Waals surface area contributed by atoms with Gasteiger partial charge in [-0.25, -0.2) is 4.99 Å². The van der Waals surface area contributed by atoms with E-state index in [0.717, 1.165) is 6.42 Å². The highest BCUT2D eigenvalue weighted by atomic mass is 16.5. The first-order chi connectivity index (χ1) is 5.78. The minimum atomic E-state index is 0.630. The highest BCUT2D eigenvalue weighted by molar-refractivity contribution is 5.96. The third kappa shape index (κ3) is 4.03. The summed E-state index contributed by atoms with van der Waals surface area (Å²) < 4.78 is 5.00. The maximum atomic E-state index is 5.00. The third-order valence-corrected chi connectivity index (χ3v) is 1.51. The van der Waals surface area contributed by atoms with E-state index >= 15 is 0 Å². The summed E-state index contributed by atoms with van der Waals surface area (Å²) in [5, 5.41) is 0. The maximum absolute atomic E-state index is 5.00. The molecule has 0 atom stereocenters. The van der Waals surface area contributed by atoms with Crippen molar-refractivity contribution in [3.8, 4) is 0 Å². The highest BCUT2D eigenvalue weighted by Crippen LogP contribution is 2.01. The van der Waals surface area contributed by atoms with Gasteiger partial charge in [-0.1, -0.05) is 6.92 Å². The zero-order valence-corrected chi connectivity index (χ0v) is 8.00. The second kappa shape index (κ2) is 6.73. The topological polar surface area (TPSA) is 34.0 Å². The number of ether oxygens (including phenoxy) is 1. The number of hydrogen-bond donors (Lipinski definition) is 0. The lowest BCUT2D eigenvalue weighted by atomic mass is 10.2.